The van der Waals surface area contributed by atoms with Gasteiger partial charge in [-0.15, -0.1) is 35.5 Å². The van der Waals surface area contributed by atoms with Crippen molar-refractivity contribution in [3.8, 4) is 0 Å². The van der Waals surface area contributed by atoms with E-state index in [-0.39, 0.29) is 37.0 Å². The molecule has 8 nitrogen and oxygen atoms in total. The number of rotatable bonds is 6. The summed E-state index contributed by atoms with van der Waals surface area (Å²) in [6, 6.07) is 2.92. The molecule has 0 aliphatic carbocycles. The average molecular weight is 433 g/mol. The number of carbonyl (C=O) groups is 4. The van der Waals surface area contributed by atoms with Crippen LogP contribution in [0.1, 0.15) is 11.8 Å². The number of β-lactam (4-membered cyclic amide) rings is 1. The minimum absolute atomic E-state index is 0. The van der Waals surface area contributed by atoms with Crippen LogP contribution in [0.2, 0.25) is 0 Å². The number of carboxylic acid groups (broad SMARTS) is 1. The molecule has 2 N–H and O–H groups in total. The maximum atomic E-state index is 12.4. The lowest BCUT2D eigenvalue weighted by atomic mass is 10.0. The highest BCUT2D eigenvalue weighted by Crippen LogP contribution is 2.40. The quantitative estimate of drug-likeness (QED) is 0.509. The lowest BCUT2D eigenvalue weighted by Gasteiger charge is -2.49. The van der Waals surface area contributed by atoms with Gasteiger partial charge in [-0.1, -0.05) is 6.07 Å². The van der Waals surface area contributed by atoms with E-state index in [0.29, 0.717) is 11.3 Å². The number of thiophene rings is 1. The summed E-state index contributed by atoms with van der Waals surface area (Å²) in [7, 11) is 0. The van der Waals surface area contributed by atoms with Crippen molar-refractivity contribution in [1.29, 1.82) is 0 Å². The Labute approximate surface area is 169 Å². The van der Waals surface area contributed by atoms with Gasteiger partial charge >= 0.3 is 11.9 Å². The van der Waals surface area contributed by atoms with Crippen LogP contribution in [0, 0.1) is 0 Å². The van der Waals surface area contributed by atoms with Crippen molar-refractivity contribution in [3.63, 3.8) is 0 Å². The van der Waals surface area contributed by atoms with Gasteiger partial charge in [0.05, 0.1) is 6.42 Å². The second-order valence-corrected chi connectivity index (χ2v) is 7.89. The van der Waals surface area contributed by atoms with Crippen LogP contribution in [0.4, 0.5) is 0 Å². The summed E-state index contributed by atoms with van der Waals surface area (Å²) < 4.78 is 4.87. The Hall–Kier alpha value is -2.04. The second kappa shape index (κ2) is 8.77. The maximum absolute atomic E-state index is 12.4. The van der Waals surface area contributed by atoms with Crippen molar-refractivity contribution >= 4 is 59.3 Å². The highest BCUT2D eigenvalue weighted by Gasteiger charge is 2.54. The third-order valence-electron chi connectivity index (χ3n) is 3.93. The van der Waals surface area contributed by atoms with Crippen LogP contribution in [-0.2, 0) is 30.3 Å². The summed E-state index contributed by atoms with van der Waals surface area (Å²) in [5, 5.41) is 13.5. The zero-order valence-electron chi connectivity index (χ0n) is 14.2. The van der Waals surface area contributed by atoms with Crippen LogP contribution >= 0.6 is 35.5 Å². The molecule has 2 aliphatic rings. The van der Waals surface area contributed by atoms with Gasteiger partial charge in [0.1, 0.15) is 23.7 Å². The summed E-state index contributed by atoms with van der Waals surface area (Å²) in [4.78, 5) is 49.2. The number of esters is 1. The van der Waals surface area contributed by atoms with E-state index < -0.39 is 29.3 Å². The predicted octanol–water partition coefficient (Wildman–Crippen LogP) is 1.01. The molecule has 0 unspecified atom stereocenters. The molecule has 1 fully saturated rings. The van der Waals surface area contributed by atoms with Crippen molar-refractivity contribution < 1.29 is 29.0 Å². The molecular formula is C16H17ClN2O6S2. The molecule has 27 heavy (non-hydrogen) atoms. The molecule has 0 aromatic carbocycles. The monoisotopic (exact) mass is 432 g/mol. The number of nitrogens with zero attached hydrogens (tertiary/aromatic N) is 1. The number of hydrogen-bond acceptors (Lipinski definition) is 7. The fraction of sp³-hybridized carbons (Fsp3) is 0.375. The Kier molecular flexibility index (Phi) is 6.90. The molecule has 2 aliphatic heterocycles. The highest BCUT2D eigenvalue weighted by atomic mass is 35.5. The number of carbonyl (C=O) groups excluding carboxylic acids is 3. The molecule has 0 spiro atoms. The smallest absolute Gasteiger partial charge is 0.352 e. The van der Waals surface area contributed by atoms with Gasteiger partial charge in [0.25, 0.3) is 5.91 Å². The Morgan fingerprint density at radius 2 is 2.15 bits per heavy atom. The number of halogens is 1. The minimum atomic E-state index is -1.26. The van der Waals surface area contributed by atoms with E-state index in [9.17, 15) is 24.3 Å². The Bertz CT molecular complexity index is 795. The fourth-order valence-electron chi connectivity index (χ4n) is 2.78. The van der Waals surface area contributed by atoms with E-state index in [2.05, 4.69) is 5.32 Å². The van der Waals surface area contributed by atoms with Crippen molar-refractivity contribution in [2.45, 2.75) is 24.8 Å². The number of amides is 2. The maximum Gasteiger partial charge on any atom is 0.352 e. The molecule has 1 saturated heterocycles. The van der Waals surface area contributed by atoms with Crippen LogP contribution in [0.15, 0.2) is 28.8 Å². The molecule has 2 atom stereocenters. The zero-order chi connectivity index (χ0) is 18.8. The number of aliphatic carboxylic acids is 1. The van der Waals surface area contributed by atoms with Crippen LogP contribution in [-0.4, -0.2) is 57.5 Å². The normalized spacial score (nSPS) is 20.9. The summed E-state index contributed by atoms with van der Waals surface area (Å²) >= 11 is 2.79. The van der Waals surface area contributed by atoms with Gasteiger partial charge in [-0.25, -0.2) is 4.79 Å². The number of thioether (sulfide) groups is 1. The number of ether oxygens (including phenoxy) is 1. The van der Waals surface area contributed by atoms with Gasteiger partial charge in [-0.2, -0.15) is 0 Å². The van der Waals surface area contributed by atoms with E-state index in [0.717, 1.165) is 9.78 Å². The van der Waals surface area contributed by atoms with Gasteiger partial charge in [0.2, 0.25) is 5.91 Å². The van der Waals surface area contributed by atoms with Crippen molar-refractivity contribution in [2.24, 2.45) is 0 Å². The Morgan fingerprint density at radius 1 is 1.41 bits per heavy atom. The molecule has 0 bridgehead atoms. The van der Waals surface area contributed by atoms with E-state index >= 15 is 0 Å². The van der Waals surface area contributed by atoms with E-state index in [1.807, 2.05) is 17.5 Å². The molecular weight excluding hydrogens is 416 g/mol. The SMILES string of the molecule is CC(=O)OCC1=C(C(=O)O)N2C(=O)[C@@H](NC(=O)Cc3cccs3)[C@H]2SC1.Cl. The van der Waals surface area contributed by atoms with Gasteiger partial charge in [-0.05, 0) is 11.4 Å². The van der Waals surface area contributed by atoms with Crippen molar-refractivity contribution in [3.05, 3.63) is 33.7 Å². The lowest BCUT2D eigenvalue weighted by molar-refractivity contribution is -0.151. The first-order valence-corrected chi connectivity index (χ1v) is 9.66. The molecule has 0 radical (unpaired) electrons. The highest BCUT2D eigenvalue weighted by molar-refractivity contribution is 8.00. The minimum Gasteiger partial charge on any atom is -0.477 e. The number of fused-ring (bicyclic) bond motifs is 1. The van der Waals surface area contributed by atoms with Crippen LogP contribution in [0.3, 0.4) is 0 Å². The van der Waals surface area contributed by atoms with Crippen LogP contribution < -0.4 is 5.32 Å². The van der Waals surface area contributed by atoms with Gasteiger partial charge in [0, 0.05) is 23.1 Å². The third-order valence-corrected chi connectivity index (χ3v) is 6.15. The summed E-state index contributed by atoms with van der Waals surface area (Å²) in [5.41, 5.74) is 0.203. The molecule has 1 aromatic heterocycles. The molecule has 0 saturated carbocycles. The molecule has 11 heteroatoms. The van der Waals surface area contributed by atoms with E-state index in [1.54, 1.807) is 0 Å². The molecule has 146 valence electrons. The topological polar surface area (TPSA) is 113 Å². The summed E-state index contributed by atoms with van der Waals surface area (Å²) in [5.74, 6) is -2.23. The zero-order valence-corrected chi connectivity index (χ0v) is 16.6. The largest absolute Gasteiger partial charge is 0.477 e. The van der Waals surface area contributed by atoms with Crippen LogP contribution in [0.5, 0.6) is 0 Å². The van der Waals surface area contributed by atoms with Crippen molar-refractivity contribution in [1.82, 2.24) is 10.2 Å². The third kappa shape index (κ3) is 4.45. The van der Waals surface area contributed by atoms with Gasteiger partial charge < -0.3 is 15.2 Å². The molecule has 2 amide bonds. The second-order valence-electron chi connectivity index (χ2n) is 5.75. The Morgan fingerprint density at radius 3 is 2.74 bits per heavy atom. The first kappa shape index (κ1) is 21.3. The van der Waals surface area contributed by atoms with Crippen molar-refractivity contribution in [2.75, 3.05) is 12.4 Å². The average Bonchev–Trinajstić information content (AvgIpc) is 3.09. The fourth-order valence-corrected chi connectivity index (χ4v) is 4.81. The van der Waals surface area contributed by atoms with E-state index in [1.165, 1.54) is 30.0 Å². The molecule has 3 heterocycles. The summed E-state index contributed by atoms with van der Waals surface area (Å²) in [6.07, 6.45) is 0.179. The van der Waals surface area contributed by atoms with Crippen LogP contribution in [0.25, 0.3) is 0 Å². The number of hydrogen-bond donors (Lipinski definition) is 2. The standard InChI is InChI=1S/C16H16N2O6S2.ClH/c1-8(19)24-6-9-7-26-15-12(14(21)18(15)13(9)16(22)23)17-11(20)5-10-3-2-4-25-10;/h2-4,12,15H,5-7H2,1H3,(H,17,20)(H,22,23);1H/t12-,15-;/m1./s1. The molecule has 3 rings (SSSR count). The lowest BCUT2D eigenvalue weighted by Crippen LogP contribution is -2.70. The van der Waals surface area contributed by atoms with Gasteiger partial charge in [-0.3, -0.25) is 19.3 Å². The van der Waals surface area contributed by atoms with Gasteiger partial charge in [0.15, 0.2) is 0 Å². The van der Waals surface area contributed by atoms with E-state index in [4.69, 9.17) is 4.74 Å². The number of carboxylic acids is 1. The number of nitrogens with one attached hydrogen (secondary N) is 1. The molecule has 1 aromatic rings. The first-order chi connectivity index (χ1) is 12.4. The first-order valence-electron chi connectivity index (χ1n) is 7.73. The predicted molar refractivity (Wildman–Crippen MR) is 102 cm³/mol. The Balaban J connectivity index is 0.00000261. The summed E-state index contributed by atoms with van der Waals surface area (Å²) in [6.45, 7) is 1.06.